The maximum Gasteiger partial charge on any atom is 0.147 e. The number of aromatic nitrogens is 2. The minimum atomic E-state index is -0.282. The van der Waals surface area contributed by atoms with Crippen molar-refractivity contribution in [2.45, 2.75) is 13.0 Å². The van der Waals surface area contributed by atoms with Crippen molar-refractivity contribution in [3.05, 3.63) is 108 Å². The lowest BCUT2D eigenvalue weighted by atomic mass is 9.94. The zero-order valence-corrected chi connectivity index (χ0v) is 16.6. The third-order valence-corrected chi connectivity index (χ3v) is 5.40. The maximum atomic E-state index is 11.1. The van der Waals surface area contributed by atoms with Crippen LogP contribution in [0, 0.1) is 6.92 Å². The van der Waals surface area contributed by atoms with Crippen molar-refractivity contribution in [3.63, 3.8) is 0 Å². The van der Waals surface area contributed by atoms with Crippen molar-refractivity contribution in [2.24, 2.45) is 0 Å². The molecule has 0 aliphatic rings. The standard InChI is InChI=1S/C26H21N3O/c1-17-12-14-27-23(15-17)29-24(21-9-8-18-5-2-3-6-20(18)16-21)22-11-10-19-7-4-13-28-25(19)26(22)30/h2-16,24,30H,1H3,(H,27,29)/t24-/m1/s1. The van der Waals surface area contributed by atoms with E-state index in [1.54, 1.807) is 12.4 Å². The highest BCUT2D eigenvalue weighted by Crippen LogP contribution is 2.37. The van der Waals surface area contributed by atoms with E-state index in [1.165, 1.54) is 5.39 Å². The molecule has 0 spiro atoms. The van der Waals surface area contributed by atoms with Crippen molar-refractivity contribution in [3.8, 4) is 5.75 Å². The molecule has 0 aliphatic heterocycles. The number of phenols is 1. The molecule has 0 unspecified atom stereocenters. The number of fused-ring (bicyclic) bond motifs is 2. The quantitative estimate of drug-likeness (QED) is 0.395. The van der Waals surface area contributed by atoms with Gasteiger partial charge in [0.05, 0.1) is 6.04 Å². The lowest BCUT2D eigenvalue weighted by molar-refractivity contribution is 0.471. The molecule has 0 bridgehead atoms. The molecular formula is C26H21N3O. The van der Waals surface area contributed by atoms with E-state index >= 15 is 0 Å². The van der Waals surface area contributed by atoms with Gasteiger partial charge in [-0.2, -0.15) is 0 Å². The Balaban J connectivity index is 1.68. The summed E-state index contributed by atoms with van der Waals surface area (Å²) in [5, 5.41) is 17.9. The number of rotatable bonds is 4. The van der Waals surface area contributed by atoms with E-state index in [2.05, 4.69) is 45.6 Å². The first-order valence-corrected chi connectivity index (χ1v) is 9.93. The second-order valence-electron chi connectivity index (χ2n) is 7.48. The average Bonchev–Trinajstić information content (AvgIpc) is 2.78. The summed E-state index contributed by atoms with van der Waals surface area (Å²) >= 11 is 0. The van der Waals surface area contributed by atoms with Crippen LogP contribution in [-0.2, 0) is 0 Å². The third-order valence-electron chi connectivity index (χ3n) is 5.40. The van der Waals surface area contributed by atoms with Crippen LogP contribution >= 0.6 is 0 Å². The Hall–Kier alpha value is -3.92. The minimum Gasteiger partial charge on any atom is -0.505 e. The molecule has 2 N–H and O–H groups in total. The Morgan fingerprint density at radius 2 is 1.57 bits per heavy atom. The van der Waals surface area contributed by atoms with Crippen molar-refractivity contribution < 1.29 is 5.11 Å². The molecule has 5 aromatic rings. The number of phenolic OH excluding ortho intramolecular Hbond substituents is 1. The van der Waals surface area contributed by atoms with Crippen LogP contribution in [0.3, 0.4) is 0 Å². The van der Waals surface area contributed by atoms with Gasteiger partial charge in [-0.1, -0.05) is 54.6 Å². The molecule has 0 amide bonds. The van der Waals surface area contributed by atoms with Crippen LogP contribution in [0.4, 0.5) is 5.82 Å². The van der Waals surface area contributed by atoms with Gasteiger partial charge in [-0.3, -0.25) is 4.98 Å². The average molecular weight is 391 g/mol. The summed E-state index contributed by atoms with van der Waals surface area (Å²) in [5.41, 5.74) is 3.52. The number of aromatic hydroxyl groups is 1. The van der Waals surface area contributed by atoms with E-state index in [1.807, 2.05) is 55.5 Å². The Morgan fingerprint density at radius 1 is 0.767 bits per heavy atom. The number of nitrogens with one attached hydrogen (secondary N) is 1. The van der Waals surface area contributed by atoms with Crippen molar-refractivity contribution >= 4 is 27.5 Å². The Morgan fingerprint density at radius 3 is 2.43 bits per heavy atom. The van der Waals surface area contributed by atoms with E-state index in [9.17, 15) is 5.11 Å². The molecule has 0 saturated carbocycles. The summed E-state index contributed by atoms with van der Waals surface area (Å²) in [6, 6.07) is 26.1. The van der Waals surface area contributed by atoms with Gasteiger partial charge in [0.2, 0.25) is 0 Å². The van der Waals surface area contributed by atoms with E-state index in [0.717, 1.165) is 33.3 Å². The number of hydrogen-bond donors (Lipinski definition) is 2. The van der Waals surface area contributed by atoms with Crippen LogP contribution in [0.1, 0.15) is 22.7 Å². The molecule has 0 fully saturated rings. The van der Waals surface area contributed by atoms with Gasteiger partial charge in [0.1, 0.15) is 17.1 Å². The van der Waals surface area contributed by atoms with E-state index in [-0.39, 0.29) is 11.8 Å². The molecule has 4 nitrogen and oxygen atoms in total. The summed E-state index contributed by atoms with van der Waals surface area (Å²) in [6.07, 6.45) is 3.49. The van der Waals surface area contributed by atoms with Crippen LogP contribution < -0.4 is 5.32 Å². The number of anilines is 1. The van der Waals surface area contributed by atoms with Gasteiger partial charge >= 0.3 is 0 Å². The predicted molar refractivity (Wildman–Crippen MR) is 122 cm³/mol. The van der Waals surface area contributed by atoms with E-state index < -0.39 is 0 Å². The first-order valence-electron chi connectivity index (χ1n) is 9.93. The van der Waals surface area contributed by atoms with Gasteiger partial charge in [0.25, 0.3) is 0 Å². The fourth-order valence-electron chi connectivity index (χ4n) is 3.87. The summed E-state index contributed by atoms with van der Waals surface area (Å²) in [6.45, 7) is 2.04. The molecule has 5 rings (SSSR count). The molecule has 30 heavy (non-hydrogen) atoms. The van der Waals surface area contributed by atoms with Gasteiger partial charge < -0.3 is 10.4 Å². The fourth-order valence-corrected chi connectivity index (χ4v) is 3.87. The molecule has 4 heteroatoms. The van der Waals surface area contributed by atoms with E-state index in [4.69, 9.17) is 0 Å². The maximum absolute atomic E-state index is 11.1. The molecule has 2 aromatic heterocycles. The lowest BCUT2D eigenvalue weighted by Gasteiger charge is -2.22. The van der Waals surface area contributed by atoms with Crippen molar-refractivity contribution in [2.75, 3.05) is 5.32 Å². The van der Waals surface area contributed by atoms with Crippen LogP contribution in [0.5, 0.6) is 5.75 Å². The Bertz CT molecular complexity index is 1360. The number of benzene rings is 3. The molecule has 1 atom stereocenters. The highest BCUT2D eigenvalue weighted by Gasteiger charge is 2.21. The van der Waals surface area contributed by atoms with Crippen LogP contribution in [0.25, 0.3) is 21.7 Å². The summed E-state index contributed by atoms with van der Waals surface area (Å²) in [4.78, 5) is 8.87. The monoisotopic (exact) mass is 391 g/mol. The highest BCUT2D eigenvalue weighted by atomic mass is 16.3. The number of nitrogens with zero attached hydrogens (tertiary/aromatic N) is 2. The first-order chi connectivity index (χ1) is 14.7. The molecular weight excluding hydrogens is 370 g/mol. The highest BCUT2D eigenvalue weighted by molar-refractivity contribution is 5.87. The fraction of sp³-hybridized carbons (Fsp3) is 0.0769. The summed E-state index contributed by atoms with van der Waals surface area (Å²) in [7, 11) is 0. The molecule has 0 saturated heterocycles. The molecule has 146 valence electrons. The van der Waals surface area contributed by atoms with Gasteiger partial charge in [0, 0.05) is 23.3 Å². The minimum absolute atomic E-state index is 0.186. The van der Waals surface area contributed by atoms with Gasteiger partial charge in [-0.25, -0.2) is 4.98 Å². The van der Waals surface area contributed by atoms with Crippen LogP contribution in [0.15, 0.2) is 91.3 Å². The molecule has 0 radical (unpaired) electrons. The Kier molecular flexibility index (Phi) is 4.52. The zero-order valence-electron chi connectivity index (χ0n) is 16.6. The topological polar surface area (TPSA) is 58.0 Å². The molecule has 3 aromatic carbocycles. The van der Waals surface area contributed by atoms with E-state index in [0.29, 0.717) is 5.52 Å². The molecule has 2 heterocycles. The lowest BCUT2D eigenvalue weighted by Crippen LogP contribution is -2.14. The smallest absolute Gasteiger partial charge is 0.147 e. The Labute approximate surface area is 174 Å². The zero-order chi connectivity index (χ0) is 20.5. The number of hydrogen-bond acceptors (Lipinski definition) is 4. The number of aryl methyl sites for hydroxylation is 1. The van der Waals surface area contributed by atoms with Crippen molar-refractivity contribution in [1.82, 2.24) is 9.97 Å². The van der Waals surface area contributed by atoms with Gasteiger partial charge in [-0.15, -0.1) is 0 Å². The summed E-state index contributed by atoms with van der Waals surface area (Å²) < 4.78 is 0. The second-order valence-corrected chi connectivity index (χ2v) is 7.48. The molecule has 0 aliphatic carbocycles. The van der Waals surface area contributed by atoms with Crippen LogP contribution in [-0.4, -0.2) is 15.1 Å². The van der Waals surface area contributed by atoms with Gasteiger partial charge in [0.15, 0.2) is 0 Å². The SMILES string of the molecule is Cc1ccnc(N[C@H](c2ccc3ccccc3c2)c2ccc3cccnc3c2O)c1. The largest absolute Gasteiger partial charge is 0.505 e. The first kappa shape index (κ1) is 18.1. The second kappa shape index (κ2) is 7.48. The van der Waals surface area contributed by atoms with Crippen LogP contribution in [0.2, 0.25) is 0 Å². The predicted octanol–water partition coefficient (Wildman–Crippen LogP) is 6.00. The summed E-state index contributed by atoms with van der Waals surface area (Å²) in [5.74, 6) is 0.945. The van der Waals surface area contributed by atoms with Gasteiger partial charge in [-0.05, 0) is 53.1 Å². The third kappa shape index (κ3) is 3.33. The number of pyridine rings is 2. The normalized spacial score (nSPS) is 12.2. The van der Waals surface area contributed by atoms with Crippen molar-refractivity contribution in [1.29, 1.82) is 0 Å².